The fourth-order valence-electron chi connectivity index (χ4n) is 4.29. The van der Waals surface area contributed by atoms with Gasteiger partial charge in [-0.05, 0) is 35.2 Å². The molecule has 3 aromatic rings. The van der Waals surface area contributed by atoms with Crippen molar-refractivity contribution in [3.8, 4) is 11.5 Å². The number of carbonyl (C=O) groups excluding carboxylic acids is 1. The number of hydrogen-bond acceptors (Lipinski definition) is 5. The van der Waals surface area contributed by atoms with E-state index in [0.717, 1.165) is 22.8 Å². The number of Topliss-reactive ketones (excluding diaryl/α,β-unsaturated/α-hetero) is 1. The Labute approximate surface area is 169 Å². The topological polar surface area (TPSA) is 69.0 Å². The summed E-state index contributed by atoms with van der Waals surface area (Å²) in [7, 11) is 0. The smallest absolute Gasteiger partial charge is 0.226 e. The van der Waals surface area contributed by atoms with Gasteiger partial charge in [-0.3, -0.25) is 4.79 Å². The second kappa shape index (κ2) is 6.58. The van der Waals surface area contributed by atoms with Gasteiger partial charge in [0.1, 0.15) is 23.6 Å². The van der Waals surface area contributed by atoms with E-state index in [-0.39, 0.29) is 23.2 Å². The molecule has 0 spiro atoms. The predicted octanol–water partition coefficient (Wildman–Crippen LogP) is 4.58. The Balaban J connectivity index is 1.58. The zero-order chi connectivity index (χ0) is 20.0. The van der Waals surface area contributed by atoms with Gasteiger partial charge in [0.25, 0.3) is 0 Å². The SMILES string of the molecule is CC1(C)C=C2Nc3ncnn3[C@@H](c3cccc(Oc4ccccc4)c3)[C@@H]2C(=O)C1. The molecule has 0 unspecified atom stereocenters. The molecule has 5 rings (SSSR count). The third-order valence-electron chi connectivity index (χ3n) is 5.44. The van der Waals surface area contributed by atoms with E-state index < -0.39 is 0 Å². The first-order chi connectivity index (χ1) is 14.0. The molecule has 1 aromatic heterocycles. The molecule has 2 aromatic carbocycles. The highest BCUT2D eigenvalue weighted by molar-refractivity contribution is 5.88. The normalized spacial score (nSPS) is 22.1. The number of aromatic nitrogens is 3. The number of para-hydroxylation sites is 1. The Bertz CT molecular complexity index is 1100. The molecule has 0 bridgehead atoms. The van der Waals surface area contributed by atoms with Crippen molar-refractivity contribution >= 4 is 11.7 Å². The minimum Gasteiger partial charge on any atom is -0.457 e. The molecule has 0 fully saturated rings. The number of rotatable bonds is 3. The summed E-state index contributed by atoms with van der Waals surface area (Å²) in [4.78, 5) is 17.5. The lowest BCUT2D eigenvalue weighted by molar-refractivity contribution is -0.125. The quantitative estimate of drug-likeness (QED) is 0.713. The van der Waals surface area contributed by atoms with Crippen LogP contribution in [0.25, 0.3) is 0 Å². The van der Waals surface area contributed by atoms with Crippen LogP contribution in [0.15, 0.2) is 72.7 Å². The van der Waals surface area contributed by atoms with Crippen molar-refractivity contribution in [1.29, 1.82) is 0 Å². The van der Waals surface area contributed by atoms with Gasteiger partial charge in [0.05, 0.1) is 12.0 Å². The summed E-state index contributed by atoms with van der Waals surface area (Å²) >= 11 is 0. The zero-order valence-corrected chi connectivity index (χ0v) is 16.4. The maximum absolute atomic E-state index is 13.2. The number of carbonyl (C=O) groups is 1. The van der Waals surface area contributed by atoms with Crippen LogP contribution < -0.4 is 10.1 Å². The van der Waals surface area contributed by atoms with E-state index in [1.807, 2.05) is 54.6 Å². The maximum atomic E-state index is 13.2. The van der Waals surface area contributed by atoms with Crippen molar-refractivity contribution in [2.75, 3.05) is 5.32 Å². The van der Waals surface area contributed by atoms with Crippen molar-refractivity contribution in [1.82, 2.24) is 14.8 Å². The number of fused-ring (bicyclic) bond motifs is 2. The van der Waals surface area contributed by atoms with Crippen molar-refractivity contribution < 1.29 is 9.53 Å². The van der Waals surface area contributed by atoms with Crippen LogP contribution in [0.1, 0.15) is 31.9 Å². The first kappa shape index (κ1) is 17.7. The molecule has 0 saturated carbocycles. The summed E-state index contributed by atoms with van der Waals surface area (Å²) in [5.74, 6) is 2.04. The molecule has 6 nitrogen and oxygen atoms in total. The number of nitrogens with one attached hydrogen (secondary N) is 1. The molecule has 1 N–H and O–H groups in total. The van der Waals surface area contributed by atoms with Crippen molar-refractivity contribution in [2.45, 2.75) is 26.3 Å². The average molecular weight is 386 g/mol. The van der Waals surface area contributed by atoms with Crippen LogP contribution in [-0.4, -0.2) is 20.5 Å². The third-order valence-corrected chi connectivity index (χ3v) is 5.44. The summed E-state index contributed by atoms with van der Waals surface area (Å²) < 4.78 is 7.82. The summed E-state index contributed by atoms with van der Waals surface area (Å²) in [6, 6.07) is 17.3. The highest BCUT2D eigenvalue weighted by Crippen LogP contribution is 2.45. The first-order valence-corrected chi connectivity index (χ1v) is 9.75. The van der Waals surface area contributed by atoms with Crippen LogP contribution in [0.4, 0.5) is 5.95 Å². The molecule has 2 heterocycles. The third kappa shape index (κ3) is 3.20. The standard InChI is InChI=1S/C23H22N4O2/c1-23(2)12-18-20(19(28)13-23)21(27-22(26-18)24-14-25-27)15-7-6-10-17(11-15)29-16-8-4-3-5-9-16/h3-12,14,20-21H,13H2,1-2H3,(H,24,25,26)/t20-,21-/m0/s1. The van der Waals surface area contributed by atoms with Crippen LogP contribution in [0.3, 0.4) is 0 Å². The van der Waals surface area contributed by atoms with E-state index in [0.29, 0.717) is 12.4 Å². The molecule has 0 amide bonds. The largest absolute Gasteiger partial charge is 0.457 e. The number of nitrogens with zero attached hydrogens (tertiary/aromatic N) is 3. The van der Waals surface area contributed by atoms with Crippen molar-refractivity contribution in [3.63, 3.8) is 0 Å². The Morgan fingerprint density at radius 2 is 1.90 bits per heavy atom. The number of ketones is 1. The Hall–Kier alpha value is -3.41. The predicted molar refractivity (Wildman–Crippen MR) is 110 cm³/mol. The molecule has 6 heteroatoms. The maximum Gasteiger partial charge on any atom is 0.226 e. The van der Waals surface area contributed by atoms with E-state index in [1.165, 1.54) is 6.33 Å². The number of anilines is 1. The van der Waals surface area contributed by atoms with Crippen LogP contribution in [0, 0.1) is 11.3 Å². The fourth-order valence-corrected chi connectivity index (χ4v) is 4.29. The van der Waals surface area contributed by atoms with Gasteiger partial charge in [0.2, 0.25) is 5.95 Å². The lowest BCUT2D eigenvalue weighted by Gasteiger charge is -2.40. The summed E-state index contributed by atoms with van der Waals surface area (Å²) in [5, 5.41) is 7.73. The number of allylic oxidation sites excluding steroid dienone is 2. The van der Waals surface area contributed by atoms with Gasteiger partial charge in [-0.1, -0.05) is 50.3 Å². The van der Waals surface area contributed by atoms with Gasteiger partial charge in [0.15, 0.2) is 0 Å². The summed E-state index contributed by atoms with van der Waals surface area (Å²) in [6.45, 7) is 4.16. The molecule has 146 valence electrons. The molecule has 0 radical (unpaired) electrons. The Kier molecular flexibility index (Phi) is 4.01. The summed E-state index contributed by atoms with van der Waals surface area (Å²) in [5.41, 5.74) is 1.70. The first-order valence-electron chi connectivity index (χ1n) is 9.75. The fraction of sp³-hybridized carbons (Fsp3) is 0.261. The zero-order valence-electron chi connectivity index (χ0n) is 16.4. The van der Waals surface area contributed by atoms with Crippen LogP contribution in [0.2, 0.25) is 0 Å². The van der Waals surface area contributed by atoms with E-state index >= 15 is 0 Å². The van der Waals surface area contributed by atoms with Crippen molar-refractivity contribution in [3.05, 3.63) is 78.3 Å². The lowest BCUT2D eigenvalue weighted by Crippen LogP contribution is -2.42. The van der Waals surface area contributed by atoms with Gasteiger partial charge in [-0.15, -0.1) is 0 Å². The van der Waals surface area contributed by atoms with Gasteiger partial charge in [0, 0.05) is 12.1 Å². The monoisotopic (exact) mass is 386 g/mol. The minimum atomic E-state index is -0.316. The molecular weight excluding hydrogens is 364 g/mol. The lowest BCUT2D eigenvalue weighted by atomic mass is 9.72. The number of benzene rings is 2. The van der Waals surface area contributed by atoms with Gasteiger partial charge in [-0.25, -0.2) is 4.68 Å². The summed E-state index contributed by atoms with van der Waals surface area (Å²) in [6.07, 6.45) is 4.19. The molecule has 0 saturated heterocycles. The molecule has 2 atom stereocenters. The van der Waals surface area contributed by atoms with Gasteiger partial charge in [-0.2, -0.15) is 10.1 Å². The van der Waals surface area contributed by atoms with Crippen molar-refractivity contribution in [2.24, 2.45) is 11.3 Å². The van der Waals surface area contributed by atoms with Crippen LogP contribution in [0.5, 0.6) is 11.5 Å². The molecular formula is C23H22N4O2. The second-order valence-electron chi connectivity index (χ2n) is 8.29. The van der Waals surface area contributed by atoms with E-state index in [4.69, 9.17) is 4.74 Å². The Morgan fingerprint density at radius 1 is 1.10 bits per heavy atom. The van der Waals surface area contributed by atoms with Crippen LogP contribution >= 0.6 is 0 Å². The van der Waals surface area contributed by atoms with E-state index in [9.17, 15) is 4.79 Å². The highest BCUT2D eigenvalue weighted by atomic mass is 16.5. The average Bonchev–Trinajstić information content (AvgIpc) is 3.14. The van der Waals surface area contributed by atoms with Crippen LogP contribution in [-0.2, 0) is 4.79 Å². The van der Waals surface area contributed by atoms with E-state index in [1.54, 1.807) is 4.68 Å². The molecule has 1 aliphatic heterocycles. The number of hydrogen-bond donors (Lipinski definition) is 1. The van der Waals surface area contributed by atoms with E-state index in [2.05, 4.69) is 35.3 Å². The molecule has 1 aliphatic carbocycles. The number of ether oxygens (including phenoxy) is 1. The molecule has 29 heavy (non-hydrogen) atoms. The Morgan fingerprint density at radius 3 is 2.72 bits per heavy atom. The highest BCUT2D eigenvalue weighted by Gasteiger charge is 2.44. The van der Waals surface area contributed by atoms with Gasteiger partial charge >= 0.3 is 0 Å². The second-order valence-corrected chi connectivity index (χ2v) is 8.29. The van der Waals surface area contributed by atoms with Gasteiger partial charge < -0.3 is 10.1 Å². The molecule has 2 aliphatic rings. The minimum absolute atomic E-state index is 0.180.